The molecule has 1 aliphatic heterocycles. The van der Waals surface area contributed by atoms with Gasteiger partial charge in [0, 0.05) is 18.6 Å². The quantitative estimate of drug-likeness (QED) is 0.435. The van der Waals surface area contributed by atoms with Gasteiger partial charge in [0.2, 0.25) is 0 Å². The summed E-state index contributed by atoms with van der Waals surface area (Å²) in [5.41, 5.74) is 0.808. The van der Waals surface area contributed by atoms with Crippen LogP contribution in [0.3, 0.4) is 0 Å². The van der Waals surface area contributed by atoms with Crippen molar-refractivity contribution < 1.29 is 14.5 Å². The maximum absolute atomic E-state index is 11.4. The third-order valence-corrected chi connectivity index (χ3v) is 2.68. The minimum Gasteiger partial charge on any atom is -0.462 e. The lowest BCUT2D eigenvalue weighted by molar-refractivity contribution is -0.384. The Morgan fingerprint density at radius 1 is 1.38 bits per heavy atom. The topological polar surface area (TPSA) is 69.4 Å². The molecule has 1 aliphatic rings. The molecule has 1 fully saturated rings. The van der Waals surface area contributed by atoms with Gasteiger partial charge in [0.1, 0.15) is 6.10 Å². The van der Waals surface area contributed by atoms with E-state index in [1.165, 1.54) is 12.1 Å². The van der Waals surface area contributed by atoms with Crippen molar-refractivity contribution in [2.24, 2.45) is 0 Å². The predicted molar refractivity (Wildman–Crippen MR) is 56.0 cm³/mol. The summed E-state index contributed by atoms with van der Waals surface area (Å²) in [6.45, 7) is 1.84. The highest BCUT2D eigenvalue weighted by Crippen LogP contribution is 2.31. The summed E-state index contributed by atoms with van der Waals surface area (Å²) < 4.78 is 5.03. The van der Waals surface area contributed by atoms with E-state index < -0.39 is 4.92 Å². The van der Waals surface area contributed by atoms with Crippen LogP contribution in [0, 0.1) is 10.1 Å². The average molecular weight is 221 g/mol. The number of nitro groups is 1. The lowest BCUT2D eigenvalue weighted by atomic mass is 9.96. The van der Waals surface area contributed by atoms with Gasteiger partial charge in [-0.1, -0.05) is 12.1 Å². The molecule has 5 heteroatoms. The number of rotatable bonds is 2. The molecule has 5 nitrogen and oxygen atoms in total. The Hall–Kier alpha value is -1.91. The van der Waals surface area contributed by atoms with Crippen LogP contribution in [-0.2, 0) is 9.53 Å². The molecule has 0 saturated carbocycles. The zero-order valence-electron chi connectivity index (χ0n) is 8.75. The van der Waals surface area contributed by atoms with Gasteiger partial charge in [-0.3, -0.25) is 14.9 Å². The van der Waals surface area contributed by atoms with Crippen LogP contribution >= 0.6 is 0 Å². The van der Waals surface area contributed by atoms with Crippen LogP contribution in [0.1, 0.15) is 24.8 Å². The third-order valence-electron chi connectivity index (χ3n) is 2.68. The summed E-state index contributed by atoms with van der Waals surface area (Å²) in [5, 5.41) is 10.5. The minimum atomic E-state index is -0.459. The molecule has 0 radical (unpaired) electrons. The molecule has 0 N–H and O–H groups in total. The number of nitro benzene ring substituents is 1. The largest absolute Gasteiger partial charge is 0.462 e. The molecule has 84 valence electrons. The number of nitrogens with zero attached hydrogens (tertiary/aromatic N) is 1. The maximum Gasteiger partial charge on any atom is 0.313 e. The standard InChI is InChI=1S/C11H11NO4/c1-7-6-10(11(13)16-7)8-2-4-9(5-3-8)12(14)15/h2-5,7,10H,6H2,1H3. The Bertz CT molecular complexity index is 426. The van der Waals surface area contributed by atoms with Crippen LogP contribution in [0.25, 0.3) is 0 Å². The fourth-order valence-electron chi connectivity index (χ4n) is 1.86. The molecule has 0 amide bonds. The lowest BCUT2D eigenvalue weighted by Gasteiger charge is -2.04. The summed E-state index contributed by atoms with van der Waals surface area (Å²) in [7, 11) is 0. The molecule has 1 aromatic rings. The molecule has 2 atom stereocenters. The van der Waals surface area contributed by atoms with Gasteiger partial charge in [0.15, 0.2) is 0 Å². The SMILES string of the molecule is CC1CC(c2ccc([N+](=O)[O-])cc2)C(=O)O1. The molecule has 1 saturated heterocycles. The Kier molecular flexibility index (Phi) is 2.60. The van der Waals surface area contributed by atoms with Crippen molar-refractivity contribution in [3.63, 3.8) is 0 Å². The number of carbonyl (C=O) groups is 1. The van der Waals surface area contributed by atoms with Crippen molar-refractivity contribution in [1.82, 2.24) is 0 Å². The third kappa shape index (κ3) is 1.88. The van der Waals surface area contributed by atoms with E-state index in [1.54, 1.807) is 12.1 Å². The Labute approximate surface area is 92.2 Å². The fraction of sp³-hybridized carbons (Fsp3) is 0.364. The first-order valence-corrected chi connectivity index (χ1v) is 5.03. The highest BCUT2D eigenvalue weighted by molar-refractivity contribution is 5.80. The van der Waals surface area contributed by atoms with Gasteiger partial charge in [0.25, 0.3) is 5.69 Å². The molecule has 0 aromatic heterocycles. The summed E-state index contributed by atoms with van der Waals surface area (Å²) in [4.78, 5) is 21.5. The molecule has 1 heterocycles. The van der Waals surface area contributed by atoms with Crippen LogP contribution in [0.4, 0.5) is 5.69 Å². The fourth-order valence-corrected chi connectivity index (χ4v) is 1.86. The average Bonchev–Trinajstić information content (AvgIpc) is 2.58. The lowest BCUT2D eigenvalue weighted by Crippen LogP contribution is -2.05. The Morgan fingerprint density at radius 2 is 2.00 bits per heavy atom. The first kappa shape index (κ1) is 10.6. The van der Waals surface area contributed by atoms with E-state index in [4.69, 9.17) is 4.74 Å². The molecular formula is C11H11NO4. The number of hydrogen-bond acceptors (Lipinski definition) is 4. The highest BCUT2D eigenvalue weighted by atomic mass is 16.6. The van der Waals surface area contributed by atoms with E-state index >= 15 is 0 Å². The van der Waals surface area contributed by atoms with Gasteiger partial charge in [-0.05, 0) is 12.5 Å². The van der Waals surface area contributed by atoms with E-state index in [0.717, 1.165) is 5.56 Å². The van der Waals surface area contributed by atoms with Gasteiger partial charge in [-0.15, -0.1) is 0 Å². The Morgan fingerprint density at radius 3 is 2.44 bits per heavy atom. The van der Waals surface area contributed by atoms with Gasteiger partial charge in [-0.25, -0.2) is 0 Å². The van der Waals surface area contributed by atoms with Crippen molar-refractivity contribution in [3.8, 4) is 0 Å². The highest BCUT2D eigenvalue weighted by Gasteiger charge is 2.33. The second-order valence-electron chi connectivity index (χ2n) is 3.88. The van der Waals surface area contributed by atoms with Crippen LogP contribution < -0.4 is 0 Å². The van der Waals surface area contributed by atoms with Crippen molar-refractivity contribution in [1.29, 1.82) is 0 Å². The molecule has 0 spiro atoms. The monoisotopic (exact) mass is 221 g/mol. The van der Waals surface area contributed by atoms with E-state index in [-0.39, 0.29) is 23.7 Å². The van der Waals surface area contributed by atoms with Gasteiger partial charge in [0.05, 0.1) is 10.8 Å². The Balaban J connectivity index is 2.22. The summed E-state index contributed by atoms with van der Waals surface area (Å²) in [5.74, 6) is -0.530. The number of cyclic esters (lactones) is 1. The summed E-state index contributed by atoms with van der Waals surface area (Å²) in [6, 6.07) is 6.04. The number of non-ortho nitro benzene ring substituents is 1. The van der Waals surface area contributed by atoms with Gasteiger partial charge in [-0.2, -0.15) is 0 Å². The predicted octanol–water partition coefficient (Wildman–Crippen LogP) is 2.01. The van der Waals surface area contributed by atoms with E-state index in [1.807, 2.05) is 6.92 Å². The van der Waals surface area contributed by atoms with Gasteiger partial charge >= 0.3 is 5.97 Å². The van der Waals surface area contributed by atoms with E-state index in [0.29, 0.717) is 6.42 Å². The first-order chi connectivity index (χ1) is 7.58. The van der Waals surface area contributed by atoms with Crippen LogP contribution in [-0.4, -0.2) is 17.0 Å². The van der Waals surface area contributed by atoms with Crippen molar-refractivity contribution in [2.45, 2.75) is 25.4 Å². The van der Waals surface area contributed by atoms with Crippen molar-refractivity contribution >= 4 is 11.7 Å². The first-order valence-electron chi connectivity index (χ1n) is 5.03. The van der Waals surface area contributed by atoms with Crippen LogP contribution in [0.5, 0.6) is 0 Å². The molecule has 2 rings (SSSR count). The molecule has 16 heavy (non-hydrogen) atoms. The maximum atomic E-state index is 11.4. The molecular weight excluding hydrogens is 210 g/mol. The zero-order valence-corrected chi connectivity index (χ0v) is 8.75. The number of carbonyl (C=O) groups excluding carboxylic acids is 1. The van der Waals surface area contributed by atoms with E-state index in [2.05, 4.69) is 0 Å². The normalized spacial score (nSPS) is 24.2. The van der Waals surface area contributed by atoms with Crippen LogP contribution in [0.15, 0.2) is 24.3 Å². The second kappa shape index (κ2) is 3.92. The van der Waals surface area contributed by atoms with Crippen molar-refractivity contribution in [3.05, 3.63) is 39.9 Å². The zero-order chi connectivity index (χ0) is 11.7. The summed E-state index contributed by atoms with van der Waals surface area (Å²) >= 11 is 0. The van der Waals surface area contributed by atoms with E-state index in [9.17, 15) is 14.9 Å². The number of hydrogen-bond donors (Lipinski definition) is 0. The molecule has 1 aromatic carbocycles. The number of esters is 1. The minimum absolute atomic E-state index is 0.0307. The smallest absolute Gasteiger partial charge is 0.313 e. The van der Waals surface area contributed by atoms with Crippen molar-refractivity contribution in [2.75, 3.05) is 0 Å². The second-order valence-corrected chi connectivity index (χ2v) is 3.88. The van der Waals surface area contributed by atoms with Crippen LogP contribution in [0.2, 0.25) is 0 Å². The number of ether oxygens (including phenoxy) is 1. The molecule has 0 bridgehead atoms. The van der Waals surface area contributed by atoms with Gasteiger partial charge < -0.3 is 4.74 Å². The summed E-state index contributed by atoms with van der Waals surface area (Å²) in [6.07, 6.45) is 0.559. The number of benzene rings is 1. The molecule has 0 aliphatic carbocycles. The molecule has 2 unspecified atom stereocenters.